The van der Waals surface area contributed by atoms with Crippen LogP contribution in [0.15, 0.2) is 0 Å². The zero-order valence-electron chi connectivity index (χ0n) is 20.8. The molecule has 4 heteroatoms. The predicted molar refractivity (Wildman–Crippen MR) is 133 cm³/mol. The summed E-state index contributed by atoms with van der Waals surface area (Å²) in [6.07, 6.45) is 17.1. The van der Waals surface area contributed by atoms with E-state index in [1.807, 2.05) is 0 Å². The van der Waals surface area contributed by atoms with Crippen molar-refractivity contribution in [1.29, 1.82) is 0 Å². The first-order chi connectivity index (χ1) is 15.2. The Morgan fingerprint density at radius 3 is 1.90 bits per heavy atom. The SMILES string of the molecule is CNC1CCC(CN2CCC(CCNC3CCC(CN4CCC(C)CC4)C3)CC2)CC1. The minimum Gasteiger partial charge on any atom is -0.317 e. The average Bonchev–Trinajstić information content (AvgIpc) is 3.24. The lowest BCUT2D eigenvalue weighted by Crippen LogP contribution is -2.40. The van der Waals surface area contributed by atoms with Crippen LogP contribution >= 0.6 is 0 Å². The van der Waals surface area contributed by atoms with E-state index in [0.717, 1.165) is 35.8 Å². The zero-order chi connectivity index (χ0) is 21.5. The Bertz CT molecular complexity index is 487. The van der Waals surface area contributed by atoms with E-state index in [0.29, 0.717) is 0 Å². The van der Waals surface area contributed by atoms with Crippen LogP contribution in [0.25, 0.3) is 0 Å². The number of nitrogens with zero attached hydrogens (tertiary/aromatic N) is 2. The third-order valence-corrected chi connectivity index (χ3v) is 9.40. The van der Waals surface area contributed by atoms with Crippen molar-refractivity contribution in [3.05, 3.63) is 0 Å². The van der Waals surface area contributed by atoms with Gasteiger partial charge in [0.15, 0.2) is 0 Å². The van der Waals surface area contributed by atoms with Crippen molar-refractivity contribution < 1.29 is 0 Å². The largest absolute Gasteiger partial charge is 0.317 e. The molecule has 0 aromatic rings. The van der Waals surface area contributed by atoms with Crippen molar-refractivity contribution in [2.24, 2.45) is 23.7 Å². The Hall–Kier alpha value is -0.160. The summed E-state index contributed by atoms with van der Waals surface area (Å²) in [4.78, 5) is 5.55. The first-order valence-electron chi connectivity index (χ1n) is 14.0. The molecule has 2 unspecified atom stereocenters. The maximum atomic E-state index is 3.95. The summed E-state index contributed by atoms with van der Waals surface area (Å²) in [6.45, 7) is 11.9. The Kier molecular flexibility index (Phi) is 9.55. The fourth-order valence-electron chi connectivity index (χ4n) is 6.98. The Morgan fingerprint density at radius 2 is 1.23 bits per heavy atom. The first-order valence-corrected chi connectivity index (χ1v) is 14.0. The summed E-state index contributed by atoms with van der Waals surface area (Å²) in [5.74, 6) is 3.85. The molecule has 180 valence electrons. The van der Waals surface area contributed by atoms with Gasteiger partial charge in [-0.15, -0.1) is 0 Å². The number of rotatable bonds is 9. The summed E-state index contributed by atoms with van der Waals surface area (Å²) in [7, 11) is 2.13. The van der Waals surface area contributed by atoms with E-state index in [2.05, 4.69) is 34.4 Å². The maximum Gasteiger partial charge on any atom is 0.00702 e. The van der Waals surface area contributed by atoms with Crippen molar-refractivity contribution in [2.75, 3.05) is 52.9 Å². The first kappa shape index (κ1) is 24.0. The minimum absolute atomic E-state index is 0.790. The van der Waals surface area contributed by atoms with Crippen LogP contribution in [0.4, 0.5) is 0 Å². The highest BCUT2D eigenvalue weighted by Gasteiger charge is 2.28. The van der Waals surface area contributed by atoms with Crippen LogP contribution in [0.1, 0.15) is 84.0 Å². The van der Waals surface area contributed by atoms with E-state index >= 15 is 0 Å². The molecule has 0 spiro atoms. The molecule has 0 aromatic carbocycles. The van der Waals surface area contributed by atoms with Gasteiger partial charge in [0.1, 0.15) is 0 Å². The van der Waals surface area contributed by atoms with Crippen LogP contribution in [0.3, 0.4) is 0 Å². The normalized spacial score (nSPS) is 35.0. The highest BCUT2D eigenvalue weighted by molar-refractivity contribution is 4.85. The molecule has 4 aliphatic rings. The van der Waals surface area contributed by atoms with Gasteiger partial charge in [0, 0.05) is 25.2 Å². The molecule has 4 rings (SSSR count). The molecule has 2 aliphatic carbocycles. The van der Waals surface area contributed by atoms with E-state index < -0.39 is 0 Å². The molecular formula is C27H52N4. The standard InChI is InChI=1S/C27H52N4/c1-22-10-15-30(16-11-22)21-25-5-8-27(19-25)29-14-9-23-12-17-31(18-13-23)20-24-3-6-26(28-2)7-4-24/h22-29H,3-21H2,1-2H3. The van der Waals surface area contributed by atoms with E-state index in [1.165, 1.54) is 123 Å². The highest BCUT2D eigenvalue weighted by atomic mass is 15.1. The van der Waals surface area contributed by atoms with E-state index in [9.17, 15) is 0 Å². The van der Waals surface area contributed by atoms with Gasteiger partial charge < -0.3 is 20.4 Å². The van der Waals surface area contributed by atoms with Crippen molar-refractivity contribution in [3.63, 3.8) is 0 Å². The van der Waals surface area contributed by atoms with E-state index in [4.69, 9.17) is 0 Å². The number of likely N-dealkylation sites (tertiary alicyclic amines) is 2. The number of piperidine rings is 2. The van der Waals surface area contributed by atoms with Crippen LogP contribution in [-0.2, 0) is 0 Å². The van der Waals surface area contributed by atoms with Crippen molar-refractivity contribution in [1.82, 2.24) is 20.4 Å². The lowest BCUT2D eigenvalue weighted by Gasteiger charge is -2.36. The van der Waals surface area contributed by atoms with Crippen LogP contribution < -0.4 is 10.6 Å². The second-order valence-electron chi connectivity index (χ2n) is 11.9. The van der Waals surface area contributed by atoms with Gasteiger partial charge in [-0.25, -0.2) is 0 Å². The molecule has 4 nitrogen and oxygen atoms in total. The predicted octanol–water partition coefficient (Wildman–Crippen LogP) is 4.36. The molecule has 2 heterocycles. The van der Waals surface area contributed by atoms with Gasteiger partial charge in [-0.2, -0.15) is 0 Å². The van der Waals surface area contributed by atoms with Gasteiger partial charge in [-0.3, -0.25) is 0 Å². The van der Waals surface area contributed by atoms with Crippen LogP contribution in [0.5, 0.6) is 0 Å². The van der Waals surface area contributed by atoms with Gasteiger partial charge >= 0.3 is 0 Å². The van der Waals surface area contributed by atoms with E-state index in [-0.39, 0.29) is 0 Å². The molecule has 2 saturated carbocycles. The van der Waals surface area contributed by atoms with Crippen molar-refractivity contribution in [2.45, 2.75) is 96.1 Å². The van der Waals surface area contributed by atoms with Crippen molar-refractivity contribution in [3.8, 4) is 0 Å². The lowest BCUT2D eigenvalue weighted by molar-refractivity contribution is 0.137. The quantitative estimate of drug-likeness (QED) is 0.567. The smallest absolute Gasteiger partial charge is 0.00702 e. The van der Waals surface area contributed by atoms with E-state index in [1.54, 1.807) is 0 Å². The van der Waals surface area contributed by atoms with Gasteiger partial charge in [-0.05, 0) is 140 Å². The highest BCUT2D eigenvalue weighted by Crippen LogP contribution is 2.29. The molecule has 0 radical (unpaired) electrons. The molecule has 0 amide bonds. The maximum absolute atomic E-state index is 3.95. The van der Waals surface area contributed by atoms with Gasteiger partial charge in [-0.1, -0.05) is 6.92 Å². The third-order valence-electron chi connectivity index (χ3n) is 9.40. The zero-order valence-corrected chi connectivity index (χ0v) is 20.8. The summed E-state index contributed by atoms with van der Waals surface area (Å²) in [6, 6.07) is 1.60. The molecule has 31 heavy (non-hydrogen) atoms. The summed E-state index contributed by atoms with van der Waals surface area (Å²) in [5.41, 5.74) is 0. The molecule has 2 aliphatic heterocycles. The molecule has 0 aromatic heterocycles. The fourth-order valence-corrected chi connectivity index (χ4v) is 6.98. The monoisotopic (exact) mass is 432 g/mol. The average molecular weight is 433 g/mol. The topological polar surface area (TPSA) is 30.5 Å². The Labute approximate surface area is 193 Å². The van der Waals surface area contributed by atoms with Crippen LogP contribution in [-0.4, -0.2) is 74.7 Å². The van der Waals surface area contributed by atoms with Gasteiger partial charge in [0.25, 0.3) is 0 Å². The third kappa shape index (κ3) is 7.69. The minimum atomic E-state index is 0.790. The number of hydrogen-bond acceptors (Lipinski definition) is 4. The van der Waals surface area contributed by atoms with Gasteiger partial charge in [0.2, 0.25) is 0 Å². The van der Waals surface area contributed by atoms with Gasteiger partial charge in [0.05, 0.1) is 0 Å². The number of nitrogens with one attached hydrogen (secondary N) is 2. The lowest BCUT2D eigenvalue weighted by atomic mass is 9.85. The van der Waals surface area contributed by atoms with Crippen molar-refractivity contribution >= 4 is 0 Å². The molecule has 2 N–H and O–H groups in total. The van der Waals surface area contributed by atoms with Crippen LogP contribution in [0, 0.1) is 23.7 Å². The van der Waals surface area contributed by atoms with Crippen LogP contribution in [0.2, 0.25) is 0 Å². The molecule has 2 saturated heterocycles. The number of hydrogen-bond donors (Lipinski definition) is 2. The fraction of sp³-hybridized carbons (Fsp3) is 1.00. The molecule has 0 bridgehead atoms. The summed E-state index contributed by atoms with van der Waals surface area (Å²) < 4.78 is 0. The second kappa shape index (κ2) is 12.3. The molecule has 4 fully saturated rings. The molecule has 2 atom stereocenters. The molecular weight excluding hydrogens is 380 g/mol. The summed E-state index contributed by atoms with van der Waals surface area (Å²) >= 11 is 0. The Morgan fingerprint density at radius 1 is 0.645 bits per heavy atom. The second-order valence-corrected chi connectivity index (χ2v) is 11.9. The summed E-state index contributed by atoms with van der Waals surface area (Å²) in [5, 5.41) is 7.43. The Balaban J connectivity index is 1.03.